The molecule has 0 saturated heterocycles. The van der Waals surface area contributed by atoms with Gasteiger partial charge in [0.2, 0.25) is 11.8 Å². The minimum Gasteiger partial charge on any atom is -0.493 e. The molecule has 0 aliphatic heterocycles. The van der Waals surface area contributed by atoms with Crippen LogP contribution in [0.25, 0.3) is 17.0 Å². The first-order valence-electron chi connectivity index (χ1n) is 12.1. The van der Waals surface area contributed by atoms with Gasteiger partial charge in [-0.3, -0.25) is 9.59 Å². The molecule has 0 aliphatic carbocycles. The largest absolute Gasteiger partial charge is 0.493 e. The van der Waals surface area contributed by atoms with Crippen LogP contribution in [0.4, 0.5) is 0 Å². The molecule has 1 heterocycles. The highest BCUT2D eigenvalue weighted by molar-refractivity contribution is 5.92. The first-order chi connectivity index (χ1) is 18.1. The number of nitrogens with one attached hydrogen (secondary N) is 3. The van der Waals surface area contributed by atoms with E-state index >= 15 is 0 Å². The van der Waals surface area contributed by atoms with Crippen LogP contribution in [0.5, 0.6) is 11.5 Å². The predicted octanol–water partition coefficient (Wildman–Crippen LogP) is 4.65. The van der Waals surface area contributed by atoms with E-state index in [1.54, 1.807) is 20.3 Å². The first kappa shape index (κ1) is 25.6. The SMILES string of the molecule is COc1cccc([C@H](CNC(=O)CCNC(=O)/C=C/c2ccccc2)c2c[nH]c3ccccc23)c1OC. The number of ether oxygens (including phenoxy) is 2. The topological polar surface area (TPSA) is 92.5 Å². The van der Waals surface area contributed by atoms with Crippen LogP contribution >= 0.6 is 0 Å². The van der Waals surface area contributed by atoms with Gasteiger partial charge in [-0.2, -0.15) is 0 Å². The van der Waals surface area contributed by atoms with Crippen LogP contribution in [0.1, 0.15) is 29.0 Å². The maximum absolute atomic E-state index is 12.7. The Balaban J connectivity index is 1.43. The van der Waals surface area contributed by atoms with Crippen LogP contribution < -0.4 is 20.1 Å². The van der Waals surface area contributed by atoms with Crippen molar-refractivity contribution in [1.29, 1.82) is 0 Å². The third-order valence-corrected chi connectivity index (χ3v) is 6.19. The Kier molecular flexibility index (Phi) is 8.60. The monoisotopic (exact) mass is 497 g/mol. The summed E-state index contributed by atoms with van der Waals surface area (Å²) in [6, 6.07) is 23.4. The molecule has 4 rings (SSSR count). The van der Waals surface area contributed by atoms with Gasteiger partial charge in [-0.1, -0.05) is 60.7 Å². The Morgan fingerprint density at radius 2 is 1.68 bits per heavy atom. The summed E-state index contributed by atoms with van der Waals surface area (Å²) < 4.78 is 11.2. The summed E-state index contributed by atoms with van der Waals surface area (Å²) in [5.74, 6) is 0.677. The number of rotatable bonds is 11. The van der Waals surface area contributed by atoms with Crippen LogP contribution in [0.15, 0.2) is 85.1 Å². The third kappa shape index (κ3) is 6.38. The second-order valence-corrected chi connectivity index (χ2v) is 8.51. The highest BCUT2D eigenvalue weighted by atomic mass is 16.5. The summed E-state index contributed by atoms with van der Waals surface area (Å²) in [7, 11) is 3.22. The minimum absolute atomic E-state index is 0.154. The lowest BCUT2D eigenvalue weighted by Crippen LogP contribution is -2.32. The standard InChI is InChI=1S/C30H31N3O4/c1-36-27-14-8-12-23(30(27)37-2)25(24-19-32-26-13-7-6-11-22(24)26)20-33-29(35)17-18-31-28(34)16-15-21-9-4-3-5-10-21/h3-16,19,25,32H,17-18,20H2,1-2H3,(H,31,34)(H,33,35)/b16-15+/t25-/m0/s1. The zero-order valence-corrected chi connectivity index (χ0v) is 21.0. The molecule has 0 bridgehead atoms. The molecule has 0 unspecified atom stereocenters. The molecule has 4 aromatic rings. The van der Waals surface area contributed by atoms with Crippen LogP contribution in [-0.2, 0) is 9.59 Å². The number of H-pyrrole nitrogens is 1. The van der Waals surface area contributed by atoms with E-state index in [0.29, 0.717) is 18.0 Å². The highest BCUT2D eigenvalue weighted by Crippen LogP contribution is 2.40. The van der Waals surface area contributed by atoms with Gasteiger partial charge in [0.15, 0.2) is 11.5 Å². The van der Waals surface area contributed by atoms with Crippen molar-refractivity contribution in [2.45, 2.75) is 12.3 Å². The molecule has 0 saturated carbocycles. The molecule has 0 aliphatic rings. The van der Waals surface area contributed by atoms with Gasteiger partial charge >= 0.3 is 0 Å². The maximum atomic E-state index is 12.7. The van der Waals surface area contributed by atoms with Gasteiger partial charge < -0.3 is 25.1 Å². The summed E-state index contributed by atoms with van der Waals surface area (Å²) in [6.45, 7) is 0.593. The number of hydrogen-bond acceptors (Lipinski definition) is 4. The molecule has 7 heteroatoms. The third-order valence-electron chi connectivity index (χ3n) is 6.19. The molecule has 1 aromatic heterocycles. The number of methoxy groups -OCH3 is 2. The summed E-state index contributed by atoms with van der Waals surface area (Å²) in [6.07, 6.45) is 5.35. The molecular formula is C30H31N3O4. The van der Waals surface area contributed by atoms with Crippen molar-refractivity contribution in [3.8, 4) is 11.5 Å². The molecule has 3 aromatic carbocycles. The van der Waals surface area contributed by atoms with E-state index < -0.39 is 0 Å². The Morgan fingerprint density at radius 1 is 0.892 bits per heavy atom. The normalized spacial score (nSPS) is 11.8. The smallest absolute Gasteiger partial charge is 0.244 e. The molecule has 0 radical (unpaired) electrons. The van der Waals surface area contributed by atoms with Crippen molar-refractivity contribution in [2.24, 2.45) is 0 Å². The van der Waals surface area contributed by atoms with Gasteiger partial charge in [0.05, 0.1) is 14.2 Å². The van der Waals surface area contributed by atoms with Crippen molar-refractivity contribution in [1.82, 2.24) is 15.6 Å². The van der Waals surface area contributed by atoms with Crippen molar-refractivity contribution < 1.29 is 19.1 Å². The van der Waals surface area contributed by atoms with Crippen LogP contribution in [0.3, 0.4) is 0 Å². The summed E-state index contributed by atoms with van der Waals surface area (Å²) in [5.41, 5.74) is 3.90. The lowest BCUT2D eigenvalue weighted by molar-refractivity contribution is -0.121. The van der Waals surface area contributed by atoms with E-state index in [9.17, 15) is 9.59 Å². The lowest BCUT2D eigenvalue weighted by Gasteiger charge is -2.22. The van der Waals surface area contributed by atoms with Crippen molar-refractivity contribution in [3.63, 3.8) is 0 Å². The van der Waals surface area contributed by atoms with Gasteiger partial charge in [0.25, 0.3) is 0 Å². The van der Waals surface area contributed by atoms with Crippen LogP contribution in [0.2, 0.25) is 0 Å². The van der Waals surface area contributed by atoms with E-state index in [1.807, 2.05) is 72.9 Å². The minimum atomic E-state index is -0.241. The number of benzene rings is 3. The van der Waals surface area contributed by atoms with Crippen molar-refractivity contribution in [2.75, 3.05) is 27.3 Å². The maximum Gasteiger partial charge on any atom is 0.244 e. The number of carbonyl (C=O) groups excluding carboxylic acids is 2. The fraction of sp³-hybridized carbons (Fsp3) is 0.200. The van der Waals surface area contributed by atoms with E-state index in [0.717, 1.165) is 27.6 Å². The fourth-order valence-electron chi connectivity index (χ4n) is 4.35. The summed E-state index contributed by atoms with van der Waals surface area (Å²) >= 11 is 0. The second kappa shape index (κ2) is 12.4. The Bertz CT molecular complexity index is 1380. The Labute approximate surface area is 216 Å². The molecule has 7 nitrogen and oxygen atoms in total. The van der Waals surface area contributed by atoms with Crippen LogP contribution in [0, 0.1) is 0 Å². The second-order valence-electron chi connectivity index (χ2n) is 8.51. The molecule has 1 atom stereocenters. The summed E-state index contributed by atoms with van der Waals surface area (Å²) in [5, 5.41) is 6.87. The zero-order chi connectivity index (χ0) is 26.0. The van der Waals surface area contributed by atoms with Gasteiger partial charge in [0, 0.05) is 54.2 Å². The summed E-state index contributed by atoms with van der Waals surface area (Å²) in [4.78, 5) is 28.1. The average molecular weight is 498 g/mol. The van der Waals surface area contributed by atoms with Gasteiger partial charge in [-0.25, -0.2) is 0 Å². The predicted molar refractivity (Wildman–Crippen MR) is 146 cm³/mol. The molecule has 37 heavy (non-hydrogen) atoms. The molecule has 0 fully saturated rings. The van der Waals surface area contributed by atoms with E-state index in [1.165, 1.54) is 6.08 Å². The van der Waals surface area contributed by atoms with Crippen molar-refractivity contribution in [3.05, 3.63) is 102 Å². The van der Waals surface area contributed by atoms with Crippen molar-refractivity contribution >= 4 is 28.8 Å². The molecule has 2 amide bonds. The number of para-hydroxylation sites is 2. The van der Waals surface area contributed by atoms with Gasteiger partial charge in [-0.05, 0) is 29.3 Å². The van der Waals surface area contributed by atoms with E-state index in [-0.39, 0.29) is 30.7 Å². The number of fused-ring (bicyclic) bond motifs is 1. The molecular weight excluding hydrogens is 466 g/mol. The number of carbonyl (C=O) groups is 2. The average Bonchev–Trinajstić information content (AvgIpc) is 3.36. The highest BCUT2D eigenvalue weighted by Gasteiger charge is 2.24. The van der Waals surface area contributed by atoms with Crippen LogP contribution in [-0.4, -0.2) is 44.1 Å². The Hall–Kier alpha value is -4.52. The first-order valence-corrected chi connectivity index (χ1v) is 12.1. The number of aromatic nitrogens is 1. The lowest BCUT2D eigenvalue weighted by atomic mass is 9.89. The zero-order valence-electron chi connectivity index (χ0n) is 21.0. The molecule has 3 N–H and O–H groups in total. The number of aromatic amines is 1. The number of amides is 2. The number of hydrogen-bond donors (Lipinski definition) is 3. The van der Waals surface area contributed by atoms with Gasteiger partial charge in [-0.15, -0.1) is 0 Å². The van der Waals surface area contributed by atoms with E-state index in [2.05, 4.69) is 21.7 Å². The van der Waals surface area contributed by atoms with Gasteiger partial charge in [0.1, 0.15) is 0 Å². The van der Waals surface area contributed by atoms with E-state index in [4.69, 9.17) is 9.47 Å². The molecule has 190 valence electrons. The quantitative estimate of drug-likeness (QED) is 0.263. The fourth-order valence-corrected chi connectivity index (χ4v) is 4.35. The molecule has 0 spiro atoms. The Morgan fingerprint density at radius 3 is 2.46 bits per heavy atom.